The van der Waals surface area contributed by atoms with Crippen LogP contribution in [0.15, 0.2) is 18.2 Å². The Hall–Kier alpha value is -0.980. The number of benzene rings is 1. The van der Waals surface area contributed by atoms with Crippen molar-refractivity contribution in [2.75, 3.05) is 0 Å². The highest BCUT2D eigenvalue weighted by molar-refractivity contribution is 6.32. The number of alkyl halides is 3. The summed E-state index contributed by atoms with van der Waals surface area (Å²) in [7, 11) is 0. The fourth-order valence-corrected chi connectivity index (χ4v) is 0.984. The van der Waals surface area contributed by atoms with Crippen molar-refractivity contribution in [3.8, 4) is 5.75 Å². The molecule has 0 spiro atoms. The van der Waals surface area contributed by atoms with Gasteiger partial charge in [-0.05, 0) is 12.1 Å². The number of rotatable bonds is 2. The lowest BCUT2D eigenvalue weighted by Gasteiger charge is -2.08. The molecule has 0 saturated heterocycles. The monoisotopic (exact) mass is 228 g/mol. The molecule has 1 aromatic carbocycles. The Bertz CT molecular complexity index is 329. The second kappa shape index (κ2) is 4.04. The Morgan fingerprint density at radius 1 is 1.36 bits per heavy atom. The first kappa shape index (κ1) is 11.1. The highest BCUT2D eigenvalue weighted by Gasteiger charge is 2.31. The fourth-order valence-electron chi connectivity index (χ4n) is 0.818. The average Bonchev–Trinajstić information content (AvgIpc) is 2.06. The molecule has 7 heteroatoms. The zero-order valence-electron chi connectivity index (χ0n) is 6.68. The summed E-state index contributed by atoms with van der Waals surface area (Å²) in [5.74, 6) is -0.429. The van der Waals surface area contributed by atoms with Crippen LogP contribution in [0.4, 0.5) is 18.9 Å². The second-order valence-electron chi connectivity index (χ2n) is 2.36. The lowest BCUT2D eigenvalue weighted by molar-refractivity contribution is -0.825. The van der Waals surface area contributed by atoms with Crippen LogP contribution in [0.5, 0.6) is 5.75 Å². The lowest BCUT2D eigenvalue weighted by atomic mass is 10.3. The number of hydrogen-bond acceptors (Lipinski definition) is 2. The largest absolute Gasteiger partial charge is 0.573 e. The molecule has 0 amide bonds. The predicted molar refractivity (Wildman–Crippen MR) is 41.5 cm³/mol. The van der Waals surface area contributed by atoms with E-state index in [0.717, 1.165) is 12.1 Å². The van der Waals surface area contributed by atoms with Gasteiger partial charge in [-0.1, -0.05) is 11.6 Å². The van der Waals surface area contributed by atoms with Crippen LogP contribution in [-0.4, -0.2) is 11.6 Å². The van der Waals surface area contributed by atoms with E-state index in [1.54, 1.807) is 0 Å². The van der Waals surface area contributed by atoms with Gasteiger partial charge in [0.15, 0.2) is 5.69 Å². The van der Waals surface area contributed by atoms with Gasteiger partial charge < -0.3 is 4.74 Å². The summed E-state index contributed by atoms with van der Waals surface area (Å²) in [4.78, 5) is 0. The van der Waals surface area contributed by atoms with Gasteiger partial charge in [0.05, 0.1) is 0 Å². The predicted octanol–water partition coefficient (Wildman–Crippen LogP) is 1.82. The van der Waals surface area contributed by atoms with Crippen molar-refractivity contribution in [1.29, 1.82) is 0 Å². The first-order valence-corrected chi connectivity index (χ1v) is 3.83. The molecule has 0 atom stereocenters. The molecule has 3 N–H and O–H groups in total. The first-order chi connectivity index (χ1) is 6.42. The van der Waals surface area contributed by atoms with E-state index in [1.165, 1.54) is 6.07 Å². The summed E-state index contributed by atoms with van der Waals surface area (Å²) < 4.78 is 38.9. The normalized spacial score (nSPS) is 11.5. The van der Waals surface area contributed by atoms with E-state index in [1.807, 2.05) is 0 Å². The van der Waals surface area contributed by atoms with E-state index in [-0.39, 0.29) is 10.7 Å². The summed E-state index contributed by atoms with van der Waals surface area (Å²) in [6.45, 7) is 0. The number of halogens is 4. The van der Waals surface area contributed by atoms with Crippen LogP contribution >= 0.6 is 11.6 Å². The minimum Gasteiger partial charge on any atom is -0.406 e. The fraction of sp³-hybridized carbons (Fsp3) is 0.143. The van der Waals surface area contributed by atoms with Crippen LogP contribution in [0.2, 0.25) is 5.02 Å². The molecule has 0 unspecified atom stereocenters. The molecule has 0 heterocycles. The highest BCUT2D eigenvalue weighted by atomic mass is 35.5. The van der Waals surface area contributed by atoms with Gasteiger partial charge >= 0.3 is 6.36 Å². The van der Waals surface area contributed by atoms with Gasteiger partial charge in [-0.25, -0.2) is 5.21 Å². The molecule has 0 aromatic heterocycles. The molecule has 0 saturated carbocycles. The molecule has 0 bridgehead atoms. The van der Waals surface area contributed by atoms with Crippen molar-refractivity contribution in [3.63, 3.8) is 0 Å². The van der Waals surface area contributed by atoms with E-state index in [9.17, 15) is 13.2 Å². The van der Waals surface area contributed by atoms with Crippen molar-refractivity contribution in [3.05, 3.63) is 23.2 Å². The Labute approximate surface area is 82.0 Å². The zero-order valence-corrected chi connectivity index (χ0v) is 7.43. The van der Waals surface area contributed by atoms with Crippen molar-refractivity contribution in [2.45, 2.75) is 6.36 Å². The van der Waals surface area contributed by atoms with E-state index in [0.29, 0.717) is 5.48 Å². The smallest absolute Gasteiger partial charge is 0.406 e. The molecule has 0 aliphatic carbocycles. The number of hydrogen-bond donors (Lipinski definition) is 2. The van der Waals surface area contributed by atoms with Crippen LogP contribution in [0.25, 0.3) is 0 Å². The maximum absolute atomic E-state index is 11.7. The van der Waals surface area contributed by atoms with Crippen molar-refractivity contribution in [2.24, 2.45) is 0 Å². The summed E-state index contributed by atoms with van der Waals surface area (Å²) >= 11 is 5.54. The minimum absolute atomic E-state index is 0.0633. The number of nitrogens with two attached hydrogens (primary N) is 1. The quantitative estimate of drug-likeness (QED) is 0.599. The zero-order chi connectivity index (χ0) is 10.8. The van der Waals surface area contributed by atoms with Crippen molar-refractivity contribution in [1.82, 2.24) is 0 Å². The number of ether oxygens (including phenoxy) is 1. The van der Waals surface area contributed by atoms with Crippen LogP contribution in [0.3, 0.4) is 0 Å². The Kier molecular flexibility index (Phi) is 3.20. The third-order valence-corrected chi connectivity index (χ3v) is 1.68. The Balaban J connectivity index is 2.90. The standard InChI is InChI=1S/C7H5ClF3NO2/c8-5-2-1-4(3-6(5)12-13)14-7(9,10)11/h1-3,12-13H/p+1. The summed E-state index contributed by atoms with van der Waals surface area (Å²) in [6.07, 6.45) is -4.75. The second-order valence-corrected chi connectivity index (χ2v) is 2.77. The van der Waals surface area contributed by atoms with E-state index in [4.69, 9.17) is 16.8 Å². The molecule has 0 radical (unpaired) electrons. The number of quaternary nitrogens is 1. The minimum atomic E-state index is -4.75. The summed E-state index contributed by atoms with van der Waals surface area (Å²) in [5.41, 5.74) is 0.666. The SMILES string of the molecule is O[NH2+]c1cc(OC(F)(F)F)ccc1Cl. The first-order valence-electron chi connectivity index (χ1n) is 3.45. The van der Waals surface area contributed by atoms with Gasteiger partial charge in [0, 0.05) is 6.07 Å². The molecule has 14 heavy (non-hydrogen) atoms. The van der Waals surface area contributed by atoms with Gasteiger partial charge in [0.1, 0.15) is 10.8 Å². The highest BCUT2D eigenvalue weighted by Crippen LogP contribution is 2.27. The average molecular weight is 229 g/mol. The van der Waals surface area contributed by atoms with Crippen molar-refractivity contribution >= 4 is 17.3 Å². The Morgan fingerprint density at radius 3 is 2.50 bits per heavy atom. The van der Waals surface area contributed by atoms with Crippen LogP contribution < -0.4 is 10.2 Å². The summed E-state index contributed by atoms with van der Waals surface area (Å²) in [5, 5.41) is 8.74. The maximum atomic E-state index is 11.7. The van der Waals surface area contributed by atoms with Crippen molar-refractivity contribution < 1.29 is 28.6 Å². The van der Waals surface area contributed by atoms with Gasteiger partial charge in [0.25, 0.3) is 0 Å². The molecule has 0 fully saturated rings. The Morgan fingerprint density at radius 2 is 2.00 bits per heavy atom. The molecule has 0 aliphatic heterocycles. The van der Waals surface area contributed by atoms with Gasteiger partial charge in [-0.15, -0.1) is 13.2 Å². The molecule has 78 valence electrons. The third-order valence-electron chi connectivity index (χ3n) is 1.34. The molecule has 3 nitrogen and oxygen atoms in total. The van der Waals surface area contributed by atoms with Gasteiger partial charge in [0.2, 0.25) is 0 Å². The molecular weight excluding hydrogens is 223 g/mol. The summed E-state index contributed by atoms with van der Waals surface area (Å²) in [6, 6.07) is 3.24. The molecule has 1 rings (SSSR count). The van der Waals surface area contributed by atoms with Gasteiger partial charge in [-0.3, -0.25) is 0 Å². The van der Waals surface area contributed by atoms with Crippen LogP contribution in [0, 0.1) is 0 Å². The van der Waals surface area contributed by atoms with E-state index in [2.05, 4.69) is 4.74 Å². The van der Waals surface area contributed by atoms with Gasteiger partial charge in [-0.2, -0.15) is 5.48 Å². The van der Waals surface area contributed by atoms with E-state index >= 15 is 0 Å². The third kappa shape index (κ3) is 3.06. The van der Waals surface area contributed by atoms with Crippen LogP contribution in [0.1, 0.15) is 0 Å². The molecule has 1 aromatic rings. The molecular formula is C7H6ClF3NO2+. The van der Waals surface area contributed by atoms with E-state index < -0.39 is 12.1 Å². The molecule has 0 aliphatic rings. The lowest BCUT2D eigenvalue weighted by Crippen LogP contribution is -2.73. The maximum Gasteiger partial charge on any atom is 0.573 e. The topological polar surface area (TPSA) is 46.1 Å². The van der Waals surface area contributed by atoms with Crippen LogP contribution in [-0.2, 0) is 0 Å².